The maximum Gasteiger partial charge on any atom is 0.217 e. The first-order chi connectivity index (χ1) is 5.43. The lowest BCUT2D eigenvalue weighted by molar-refractivity contribution is 0.0899. The maximum absolute atomic E-state index is 11.5. The molecule has 1 aromatic rings. The molecule has 0 bridgehead atoms. The summed E-state index contributed by atoms with van der Waals surface area (Å²) in [6.07, 6.45) is 3.30. The Morgan fingerprint density at radius 2 is 2.25 bits per heavy atom. The van der Waals surface area contributed by atoms with E-state index in [-0.39, 0.29) is 5.78 Å². The van der Waals surface area contributed by atoms with Crippen LogP contribution < -0.4 is 5.73 Å². The number of carbonyl (C=O) groups excluding carboxylic acids is 1. The van der Waals surface area contributed by atoms with Crippen LogP contribution in [0.2, 0.25) is 0 Å². The molecule has 0 amide bonds. The minimum absolute atomic E-state index is 0.144. The summed E-state index contributed by atoms with van der Waals surface area (Å²) in [5, 5.41) is 0. The SMILES string of the molecule is Cn1ccnc1C(=O)C(C)(C)N. The largest absolute Gasteiger partial charge is 0.332 e. The summed E-state index contributed by atoms with van der Waals surface area (Å²) in [5.41, 5.74) is 4.79. The quantitative estimate of drug-likeness (QED) is 0.646. The van der Waals surface area contributed by atoms with Crippen LogP contribution in [-0.2, 0) is 7.05 Å². The van der Waals surface area contributed by atoms with E-state index < -0.39 is 5.54 Å². The topological polar surface area (TPSA) is 60.9 Å². The Labute approximate surface area is 71.4 Å². The predicted octanol–water partition coefficient (Wildman–Crippen LogP) is 0.340. The zero-order valence-electron chi connectivity index (χ0n) is 7.53. The number of rotatable bonds is 2. The number of hydrogen-bond donors (Lipinski definition) is 1. The molecular formula is C8H13N3O. The van der Waals surface area contributed by atoms with Crippen molar-refractivity contribution in [2.45, 2.75) is 19.4 Å². The fraction of sp³-hybridized carbons (Fsp3) is 0.500. The van der Waals surface area contributed by atoms with Gasteiger partial charge in [-0.1, -0.05) is 0 Å². The van der Waals surface area contributed by atoms with Gasteiger partial charge in [-0.2, -0.15) is 0 Å². The summed E-state index contributed by atoms with van der Waals surface area (Å²) in [4.78, 5) is 15.5. The molecule has 0 aliphatic rings. The minimum atomic E-state index is -0.848. The van der Waals surface area contributed by atoms with Crippen LogP contribution in [0, 0.1) is 0 Å². The van der Waals surface area contributed by atoms with Crippen LogP contribution in [0.15, 0.2) is 12.4 Å². The zero-order chi connectivity index (χ0) is 9.35. The van der Waals surface area contributed by atoms with Gasteiger partial charge in [-0.3, -0.25) is 4.79 Å². The number of nitrogens with zero attached hydrogens (tertiary/aromatic N) is 2. The third-order valence-corrected chi connectivity index (χ3v) is 1.61. The highest BCUT2D eigenvalue weighted by Crippen LogP contribution is 2.06. The number of hydrogen-bond acceptors (Lipinski definition) is 3. The van der Waals surface area contributed by atoms with Crippen molar-refractivity contribution in [1.82, 2.24) is 9.55 Å². The van der Waals surface area contributed by atoms with Gasteiger partial charge in [-0.25, -0.2) is 4.98 Å². The number of aromatic nitrogens is 2. The molecule has 0 saturated heterocycles. The second kappa shape index (κ2) is 2.71. The van der Waals surface area contributed by atoms with Crippen LogP contribution in [0.1, 0.15) is 24.5 Å². The molecule has 0 spiro atoms. The Kier molecular flexibility index (Phi) is 2.02. The second-order valence-electron chi connectivity index (χ2n) is 3.41. The number of imidazole rings is 1. The molecule has 0 radical (unpaired) electrons. The first kappa shape index (κ1) is 8.93. The van der Waals surface area contributed by atoms with Gasteiger partial charge in [0, 0.05) is 19.4 Å². The van der Waals surface area contributed by atoms with Gasteiger partial charge in [0.1, 0.15) is 0 Å². The van der Waals surface area contributed by atoms with Crippen LogP contribution in [0.4, 0.5) is 0 Å². The van der Waals surface area contributed by atoms with Crippen molar-refractivity contribution in [1.29, 1.82) is 0 Å². The maximum atomic E-state index is 11.5. The van der Waals surface area contributed by atoms with Gasteiger partial charge in [0.2, 0.25) is 5.78 Å². The molecule has 4 heteroatoms. The van der Waals surface area contributed by atoms with Gasteiger partial charge in [-0.15, -0.1) is 0 Å². The fourth-order valence-electron chi connectivity index (χ4n) is 0.873. The van der Waals surface area contributed by atoms with Crippen LogP contribution in [-0.4, -0.2) is 20.9 Å². The monoisotopic (exact) mass is 167 g/mol. The van der Waals surface area contributed by atoms with Crippen molar-refractivity contribution in [3.8, 4) is 0 Å². The van der Waals surface area contributed by atoms with Gasteiger partial charge in [0.25, 0.3) is 0 Å². The molecule has 0 saturated carbocycles. The first-order valence-corrected chi connectivity index (χ1v) is 3.74. The lowest BCUT2D eigenvalue weighted by atomic mass is 10.0. The highest BCUT2D eigenvalue weighted by molar-refractivity contribution is 5.99. The molecule has 0 aliphatic heterocycles. The Morgan fingerprint density at radius 1 is 1.67 bits per heavy atom. The first-order valence-electron chi connectivity index (χ1n) is 3.74. The van der Waals surface area contributed by atoms with Crippen molar-refractivity contribution in [2.75, 3.05) is 0 Å². The molecule has 0 aromatic carbocycles. The van der Waals surface area contributed by atoms with E-state index in [9.17, 15) is 4.79 Å². The van der Waals surface area contributed by atoms with E-state index >= 15 is 0 Å². The highest BCUT2D eigenvalue weighted by atomic mass is 16.1. The van der Waals surface area contributed by atoms with Crippen molar-refractivity contribution >= 4 is 5.78 Å². The number of carbonyl (C=O) groups is 1. The van der Waals surface area contributed by atoms with Gasteiger partial charge < -0.3 is 10.3 Å². The molecule has 4 nitrogen and oxygen atoms in total. The molecule has 0 atom stereocenters. The van der Waals surface area contributed by atoms with E-state index in [2.05, 4.69) is 4.98 Å². The van der Waals surface area contributed by atoms with Crippen LogP contribution in [0.3, 0.4) is 0 Å². The summed E-state index contributed by atoms with van der Waals surface area (Å²) >= 11 is 0. The van der Waals surface area contributed by atoms with E-state index in [0.29, 0.717) is 5.82 Å². The van der Waals surface area contributed by atoms with E-state index in [1.54, 1.807) is 37.9 Å². The molecule has 66 valence electrons. The average Bonchev–Trinajstić information content (AvgIpc) is 2.31. The number of Topliss-reactive ketones (excluding diaryl/α,β-unsaturated/α-hetero) is 1. The molecule has 12 heavy (non-hydrogen) atoms. The molecule has 0 aliphatic carbocycles. The Bertz CT molecular complexity index is 295. The summed E-state index contributed by atoms with van der Waals surface area (Å²) in [5.74, 6) is 0.262. The normalized spacial score (nSPS) is 11.7. The highest BCUT2D eigenvalue weighted by Gasteiger charge is 2.26. The summed E-state index contributed by atoms with van der Waals surface area (Å²) in [7, 11) is 1.77. The van der Waals surface area contributed by atoms with Gasteiger partial charge in [0.05, 0.1) is 5.54 Å². The molecule has 1 heterocycles. The zero-order valence-corrected chi connectivity index (χ0v) is 7.53. The molecule has 2 N–H and O–H groups in total. The molecule has 0 unspecified atom stereocenters. The third-order valence-electron chi connectivity index (χ3n) is 1.61. The lowest BCUT2D eigenvalue weighted by Crippen LogP contribution is -2.42. The standard InChI is InChI=1S/C8H13N3O/c1-8(2,9)6(12)7-10-4-5-11(7)3/h4-5H,9H2,1-3H3. The summed E-state index contributed by atoms with van der Waals surface area (Å²) < 4.78 is 1.66. The van der Waals surface area contributed by atoms with E-state index in [4.69, 9.17) is 5.73 Å². The summed E-state index contributed by atoms with van der Waals surface area (Å²) in [6, 6.07) is 0. The average molecular weight is 167 g/mol. The summed E-state index contributed by atoms with van der Waals surface area (Å²) in [6.45, 7) is 3.34. The third kappa shape index (κ3) is 1.53. The Hall–Kier alpha value is -1.16. The van der Waals surface area contributed by atoms with Crippen LogP contribution in [0.5, 0.6) is 0 Å². The van der Waals surface area contributed by atoms with Gasteiger partial charge >= 0.3 is 0 Å². The Morgan fingerprint density at radius 3 is 2.58 bits per heavy atom. The van der Waals surface area contributed by atoms with Crippen molar-refractivity contribution in [3.05, 3.63) is 18.2 Å². The fourth-order valence-corrected chi connectivity index (χ4v) is 0.873. The van der Waals surface area contributed by atoms with Gasteiger partial charge in [-0.05, 0) is 13.8 Å². The van der Waals surface area contributed by atoms with E-state index in [1.165, 1.54) is 0 Å². The van der Waals surface area contributed by atoms with Crippen molar-refractivity contribution < 1.29 is 4.79 Å². The molecule has 0 fully saturated rings. The van der Waals surface area contributed by atoms with Crippen LogP contribution >= 0.6 is 0 Å². The smallest absolute Gasteiger partial charge is 0.217 e. The Balaban J connectivity index is 3.01. The van der Waals surface area contributed by atoms with E-state index in [1.807, 2.05) is 0 Å². The van der Waals surface area contributed by atoms with Crippen molar-refractivity contribution in [3.63, 3.8) is 0 Å². The number of aryl methyl sites for hydroxylation is 1. The van der Waals surface area contributed by atoms with E-state index in [0.717, 1.165) is 0 Å². The molecule has 1 rings (SSSR count). The number of ketones is 1. The minimum Gasteiger partial charge on any atom is -0.332 e. The second-order valence-corrected chi connectivity index (χ2v) is 3.41. The van der Waals surface area contributed by atoms with Gasteiger partial charge in [0.15, 0.2) is 5.82 Å². The number of nitrogens with two attached hydrogens (primary N) is 1. The predicted molar refractivity (Wildman–Crippen MR) is 45.8 cm³/mol. The lowest BCUT2D eigenvalue weighted by Gasteiger charge is -2.15. The molecule has 1 aromatic heterocycles. The van der Waals surface area contributed by atoms with Crippen molar-refractivity contribution in [2.24, 2.45) is 12.8 Å². The van der Waals surface area contributed by atoms with Crippen LogP contribution in [0.25, 0.3) is 0 Å². The molecular weight excluding hydrogens is 154 g/mol.